The molecule has 5 heteroatoms. The predicted octanol–water partition coefficient (Wildman–Crippen LogP) is 5.06. The fraction of sp³-hybridized carbons (Fsp3) is 0.458. The third-order valence-electron chi connectivity index (χ3n) is 6.35. The summed E-state index contributed by atoms with van der Waals surface area (Å²) in [7, 11) is 0. The van der Waals surface area contributed by atoms with Gasteiger partial charge in [0.2, 0.25) is 5.91 Å². The molecule has 1 N–H and O–H groups in total. The highest BCUT2D eigenvalue weighted by Crippen LogP contribution is 2.26. The Morgan fingerprint density at radius 2 is 1.93 bits per heavy atom. The number of fused-ring (bicyclic) bond motifs is 1. The van der Waals surface area contributed by atoms with Crippen LogP contribution in [0.15, 0.2) is 36.4 Å². The normalized spacial score (nSPS) is 18.4. The second-order valence-corrected chi connectivity index (χ2v) is 8.83. The van der Waals surface area contributed by atoms with Gasteiger partial charge in [-0.3, -0.25) is 9.69 Å². The highest BCUT2D eigenvalue weighted by atomic mass is 35.5. The second kappa shape index (κ2) is 8.85. The van der Waals surface area contributed by atoms with Crippen molar-refractivity contribution >= 4 is 17.5 Å². The number of carbonyl (C=O) groups is 1. The lowest BCUT2D eigenvalue weighted by Crippen LogP contribution is -2.41. The molecular formula is C24H28ClFN2O. The molecule has 3 nitrogen and oxygen atoms in total. The average Bonchev–Trinajstić information content (AvgIpc) is 3.18. The summed E-state index contributed by atoms with van der Waals surface area (Å²) in [6.45, 7) is 4.22. The molecule has 0 saturated carbocycles. The van der Waals surface area contributed by atoms with E-state index in [1.165, 1.54) is 35.6 Å². The van der Waals surface area contributed by atoms with Crippen molar-refractivity contribution in [1.82, 2.24) is 10.2 Å². The standard InChI is InChI=1S/C24H28ClFN2O/c1-16(19-6-5-17-3-2-4-20(17)13-19)27-24(29)18-9-11-28(12-10-18)15-21-7-8-22(25)14-23(21)26/h5-8,13-14,16,18H,2-4,9-12,15H2,1H3,(H,27,29)/t16-/m1/s1. The predicted molar refractivity (Wildman–Crippen MR) is 114 cm³/mol. The van der Waals surface area contributed by atoms with E-state index in [0.717, 1.165) is 32.4 Å². The number of aryl methyl sites for hydroxylation is 2. The minimum Gasteiger partial charge on any atom is -0.349 e. The molecule has 0 spiro atoms. The maximum absolute atomic E-state index is 14.0. The molecule has 4 rings (SSSR count). The van der Waals surface area contributed by atoms with E-state index in [9.17, 15) is 9.18 Å². The summed E-state index contributed by atoms with van der Waals surface area (Å²) < 4.78 is 14.0. The van der Waals surface area contributed by atoms with Crippen molar-refractivity contribution in [1.29, 1.82) is 0 Å². The van der Waals surface area contributed by atoms with Crippen molar-refractivity contribution in [3.8, 4) is 0 Å². The minimum atomic E-state index is -0.263. The van der Waals surface area contributed by atoms with E-state index >= 15 is 0 Å². The van der Waals surface area contributed by atoms with Gasteiger partial charge in [0.05, 0.1) is 6.04 Å². The summed E-state index contributed by atoms with van der Waals surface area (Å²) in [5.74, 6) is -0.103. The Bertz CT molecular complexity index is 892. The molecule has 154 valence electrons. The van der Waals surface area contributed by atoms with Crippen LogP contribution in [0.1, 0.15) is 54.5 Å². The zero-order valence-electron chi connectivity index (χ0n) is 16.9. The largest absolute Gasteiger partial charge is 0.349 e. The van der Waals surface area contributed by atoms with Crippen molar-refractivity contribution in [2.45, 2.75) is 51.6 Å². The zero-order valence-corrected chi connectivity index (χ0v) is 17.6. The molecule has 0 unspecified atom stereocenters. The van der Waals surface area contributed by atoms with Crippen LogP contribution < -0.4 is 5.32 Å². The third-order valence-corrected chi connectivity index (χ3v) is 6.58. The van der Waals surface area contributed by atoms with Crippen molar-refractivity contribution in [3.05, 3.63) is 69.5 Å². The van der Waals surface area contributed by atoms with E-state index in [4.69, 9.17) is 11.6 Å². The maximum Gasteiger partial charge on any atom is 0.223 e. The summed E-state index contributed by atoms with van der Waals surface area (Å²) in [6, 6.07) is 11.5. The highest BCUT2D eigenvalue weighted by Gasteiger charge is 2.26. The molecule has 0 aromatic heterocycles. The van der Waals surface area contributed by atoms with E-state index in [0.29, 0.717) is 17.1 Å². The molecule has 0 radical (unpaired) electrons. The van der Waals surface area contributed by atoms with Gasteiger partial charge in [-0.1, -0.05) is 35.9 Å². The van der Waals surface area contributed by atoms with Gasteiger partial charge in [-0.15, -0.1) is 0 Å². The Kier molecular flexibility index (Phi) is 6.21. The van der Waals surface area contributed by atoms with Crippen LogP contribution in [0.3, 0.4) is 0 Å². The number of nitrogens with one attached hydrogen (secondary N) is 1. The molecule has 1 atom stereocenters. The van der Waals surface area contributed by atoms with Gasteiger partial charge in [-0.25, -0.2) is 4.39 Å². The van der Waals surface area contributed by atoms with Crippen molar-refractivity contribution in [2.75, 3.05) is 13.1 Å². The number of hydrogen-bond donors (Lipinski definition) is 1. The van der Waals surface area contributed by atoms with Crippen molar-refractivity contribution < 1.29 is 9.18 Å². The molecule has 2 aliphatic rings. The Morgan fingerprint density at radius 1 is 1.17 bits per heavy atom. The fourth-order valence-electron chi connectivity index (χ4n) is 4.52. The first-order valence-corrected chi connectivity index (χ1v) is 11.0. The number of carbonyl (C=O) groups excluding carboxylic acids is 1. The van der Waals surface area contributed by atoms with Gasteiger partial charge in [0.1, 0.15) is 5.82 Å². The quantitative estimate of drug-likeness (QED) is 0.741. The first-order chi connectivity index (χ1) is 14.0. The van der Waals surface area contributed by atoms with Gasteiger partial charge in [-0.05, 0) is 80.9 Å². The summed E-state index contributed by atoms with van der Waals surface area (Å²) in [5.41, 5.74) is 4.74. The Hall–Kier alpha value is -1.91. The lowest BCUT2D eigenvalue weighted by Gasteiger charge is -2.32. The SMILES string of the molecule is C[C@@H](NC(=O)C1CCN(Cc2ccc(Cl)cc2F)CC1)c1ccc2c(c1)CCC2. The van der Waals surface area contributed by atoms with Crippen LogP contribution in [0, 0.1) is 11.7 Å². The number of hydrogen-bond acceptors (Lipinski definition) is 2. The minimum absolute atomic E-state index is 0.0228. The van der Waals surface area contributed by atoms with Gasteiger partial charge in [0.15, 0.2) is 0 Å². The van der Waals surface area contributed by atoms with Crippen LogP contribution in [0.2, 0.25) is 5.02 Å². The zero-order chi connectivity index (χ0) is 20.4. The van der Waals surface area contributed by atoms with Crippen molar-refractivity contribution in [3.63, 3.8) is 0 Å². The number of benzene rings is 2. The van der Waals surface area contributed by atoms with Gasteiger partial charge in [0, 0.05) is 23.0 Å². The van der Waals surface area contributed by atoms with Crippen molar-refractivity contribution in [2.24, 2.45) is 5.92 Å². The molecule has 1 heterocycles. The van der Waals surface area contributed by atoms with Gasteiger partial charge in [0.25, 0.3) is 0 Å². The first-order valence-electron chi connectivity index (χ1n) is 10.6. The van der Waals surface area contributed by atoms with E-state index in [2.05, 4.69) is 35.3 Å². The van der Waals surface area contributed by atoms with E-state index in [-0.39, 0.29) is 23.7 Å². The summed E-state index contributed by atoms with van der Waals surface area (Å²) in [5, 5.41) is 3.62. The fourth-order valence-corrected chi connectivity index (χ4v) is 4.68. The number of nitrogens with zero attached hydrogens (tertiary/aromatic N) is 1. The lowest BCUT2D eigenvalue weighted by molar-refractivity contribution is -0.127. The molecule has 2 aromatic carbocycles. The number of piperidine rings is 1. The van der Waals surface area contributed by atoms with E-state index < -0.39 is 0 Å². The van der Waals surface area contributed by atoms with Crippen LogP contribution in [0.4, 0.5) is 4.39 Å². The molecule has 1 aliphatic heterocycles. The molecule has 1 fully saturated rings. The van der Waals surface area contributed by atoms with Gasteiger partial charge < -0.3 is 5.32 Å². The Morgan fingerprint density at radius 3 is 2.69 bits per heavy atom. The maximum atomic E-state index is 14.0. The molecule has 1 amide bonds. The second-order valence-electron chi connectivity index (χ2n) is 8.40. The molecule has 1 aliphatic carbocycles. The third kappa shape index (κ3) is 4.81. The number of rotatable bonds is 5. The molecule has 29 heavy (non-hydrogen) atoms. The number of likely N-dealkylation sites (tertiary alicyclic amines) is 1. The van der Waals surface area contributed by atoms with Crippen LogP contribution in [-0.4, -0.2) is 23.9 Å². The topological polar surface area (TPSA) is 32.3 Å². The number of halogens is 2. The summed E-state index contributed by atoms with van der Waals surface area (Å²) >= 11 is 5.83. The summed E-state index contributed by atoms with van der Waals surface area (Å²) in [6.07, 6.45) is 5.17. The van der Waals surface area contributed by atoms with E-state index in [1.807, 2.05) is 0 Å². The van der Waals surface area contributed by atoms with Crippen LogP contribution >= 0.6 is 11.6 Å². The monoisotopic (exact) mass is 414 g/mol. The first kappa shape index (κ1) is 20.4. The van der Waals surface area contributed by atoms with Crippen LogP contribution in [0.5, 0.6) is 0 Å². The molecule has 2 aromatic rings. The van der Waals surface area contributed by atoms with Crippen LogP contribution in [0.25, 0.3) is 0 Å². The van der Waals surface area contributed by atoms with Gasteiger partial charge in [-0.2, -0.15) is 0 Å². The van der Waals surface area contributed by atoms with E-state index in [1.54, 1.807) is 12.1 Å². The number of amides is 1. The Balaban J connectivity index is 1.28. The lowest BCUT2D eigenvalue weighted by atomic mass is 9.94. The Labute approximate surface area is 177 Å². The van der Waals surface area contributed by atoms with Gasteiger partial charge >= 0.3 is 0 Å². The van der Waals surface area contributed by atoms with Crippen LogP contribution in [-0.2, 0) is 24.2 Å². The molecule has 1 saturated heterocycles. The smallest absolute Gasteiger partial charge is 0.223 e. The summed E-state index contributed by atoms with van der Waals surface area (Å²) in [4.78, 5) is 15.0. The average molecular weight is 415 g/mol. The molecular weight excluding hydrogens is 387 g/mol. The highest BCUT2D eigenvalue weighted by molar-refractivity contribution is 6.30. The molecule has 0 bridgehead atoms.